The summed E-state index contributed by atoms with van der Waals surface area (Å²) in [5.41, 5.74) is 1.32. The van der Waals surface area contributed by atoms with Crippen LogP contribution in [0.2, 0.25) is 0 Å². The van der Waals surface area contributed by atoms with Gasteiger partial charge in [-0.05, 0) is 42.1 Å². The van der Waals surface area contributed by atoms with Crippen molar-refractivity contribution in [3.05, 3.63) is 42.1 Å². The lowest BCUT2D eigenvalue weighted by molar-refractivity contribution is -0.114. The largest absolute Gasteiger partial charge is 0.326 e. The van der Waals surface area contributed by atoms with Crippen molar-refractivity contribution in [3.63, 3.8) is 0 Å². The van der Waals surface area contributed by atoms with E-state index in [0.29, 0.717) is 16.3 Å². The van der Waals surface area contributed by atoms with Crippen molar-refractivity contribution in [1.29, 1.82) is 0 Å². The van der Waals surface area contributed by atoms with Crippen LogP contribution in [0.1, 0.15) is 17.3 Å². The molecule has 2 amide bonds. The molecule has 10 heteroatoms. The van der Waals surface area contributed by atoms with Gasteiger partial charge in [0.05, 0.1) is 15.8 Å². The first-order chi connectivity index (χ1) is 12.4. The second kappa shape index (κ2) is 7.75. The van der Waals surface area contributed by atoms with Gasteiger partial charge in [0.25, 0.3) is 11.7 Å². The lowest BCUT2D eigenvalue weighted by atomic mass is 10.3. The molecule has 2 heterocycles. The summed E-state index contributed by atoms with van der Waals surface area (Å²) in [5, 5.41) is 5.55. The summed E-state index contributed by atoms with van der Waals surface area (Å²) in [6, 6.07) is 8.09. The summed E-state index contributed by atoms with van der Waals surface area (Å²) in [7, 11) is 0. The molecule has 3 rings (SSSR count). The standard InChI is InChI=1S/C16H12F2N4O2S2/c1-8(23)20-9-4-5-11-12(7-9)25-16(21-11)22-13(24)10-3-2-6-19-14(10)26-15(17)18/h2-7,15H,1H3,(H,20,23)(H,21,22,24). The molecule has 2 N–H and O–H groups in total. The zero-order valence-electron chi connectivity index (χ0n) is 13.3. The van der Waals surface area contributed by atoms with Crippen molar-refractivity contribution < 1.29 is 18.4 Å². The van der Waals surface area contributed by atoms with Gasteiger partial charge in [0.15, 0.2) is 5.13 Å². The van der Waals surface area contributed by atoms with E-state index >= 15 is 0 Å². The third-order valence-electron chi connectivity index (χ3n) is 3.15. The van der Waals surface area contributed by atoms with Crippen molar-refractivity contribution in [3.8, 4) is 0 Å². The third kappa shape index (κ3) is 4.33. The Labute approximate surface area is 155 Å². The van der Waals surface area contributed by atoms with Gasteiger partial charge in [-0.25, -0.2) is 9.97 Å². The van der Waals surface area contributed by atoms with Crippen LogP contribution in [-0.4, -0.2) is 27.5 Å². The monoisotopic (exact) mass is 394 g/mol. The molecule has 0 saturated heterocycles. The SMILES string of the molecule is CC(=O)Nc1ccc2nc(NC(=O)c3cccnc3SC(F)F)sc2c1. The maximum atomic E-state index is 12.6. The van der Waals surface area contributed by atoms with Gasteiger partial charge >= 0.3 is 0 Å². The van der Waals surface area contributed by atoms with Crippen LogP contribution < -0.4 is 10.6 Å². The van der Waals surface area contributed by atoms with Gasteiger partial charge in [-0.1, -0.05) is 11.3 Å². The van der Waals surface area contributed by atoms with E-state index in [9.17, 15) is 18.4 Å². The van der Waals surface area contributed by atoms with E-state index in [1.54, 1.807) is 18.2 Å². The number of halogens is 2. The van der Waals surface area contributed by atoms with Gasteiger partial charge in [0.1, 0.15) is 5.03 Å². The predicted octanol–water partition coefficient (Wildman–Crippen LogP) is 4.22. The number of hydrogen-bond acceptors (Lipinski definition) is 6. The Morgan fingerprint density at radius 2 is 2.04 bits per heavy atom. The van der Waals surface area contributed by atoms with Gasteiger partial charge in [0.2, 0.25) is 5.91 Å². The Morgan fingerprint density at radius 3 is 2.77 bits per heavy atom. The number of carbonyl (C=O) groups is 2. The molecule has 0 aliphatic heterocycles. The topological polar surface area (TPSA) is 84.0 Å². The van der Waals surface area contributed by atoms with Crippen LogP contribution in [0.5, 0.6) is 0 Å². The molecule has 6 nitrogen and oxygen atoms in total. The highest BCUT2D eigenvalue weighted by molar-refractivity contribution is 7.99. The number of fused-ring (bicyclic) bond motifs is 1. The van der Waals surface area contributed by atoms with E-state index in [1.165, 1.54) is 36.6 Å². The maximum Gasteiger partial charge on any atom is 0.290 e. The number of thiazole rings is 1. The van der Waals surface area contributed by atoms with E-state index in [2.05, 4.69) is 20.6 Å². The fraction of sp³-hybridized carbons (Fsp3) is 0.125. The minimum atomic E-state index is -2.67. The summed E-state index contributed by atoms with van der Waals surface area (Å²) in [6.45, 7) is 1.41. The van der Waals surface area contributed by atoms with Crippen LogP contribution in [0.15, 0.2) is 41.6 Å². The number of anilines is 2. The number of carbonyl (C=O) groups excluding carboxylic acids is 2. The maximum absolute atomic E-state index is 12.6. The van der Waals surface area contributed by atoms with E-state index < -0.39 is 11.7 Å². The van der Waals surface area contributed by atoms with Crippen molar-refractivity contribution >= 4 is 55.9 Å². The van der Waals surface area contributed by atoms with Gasteiger partial charge in [-0.3, -0.25) is 14.9 Å². The molecular formula is C16H12F2N4O2S2. The Balaban J connectivity index is 1.82. The molecule has 1 aromatic carbocycles. The molecule has 0 aliphatic carbocycles. The minimum absolute atomic E-state index is 0.0472. The Bertz CT molecular complexity index is 978. The number of amides is 2. The fourth-order valence-corrected chi connectivity index (χ4v) is 3.64. The van der Waals surface area contributed by atoms with Crippen LogP contribution >= 0.6 is 23.1 Å². The molecule has 0 aliphatic rings. The molecule has 0 radical (unpaired) electrons. The second-order valence-electron chi connectivity index (χ2n) is 5.07. The molecule has 2 aromatic heterocycles. The highest BCUT2D eigenvalue weighted by Crippen LogP contribution is 2.30. The van der Waals surface area contributed by atoms with Crippen molar-refractivity contribution in [1.82, 2.24) is 9.97 Å². The molecule has 0 bridgehead atoms. The number of nitrogens with one attached hydrogen (secondary N) is 2. The summed E-state index contributed by atoms with van der Waals surface area (Å²) < 4.78 is 26.0. The second-order valence-corrected chi connectivity index (χ2v) is 7.08. The van der Waals surface area contributed by atoms with E-state index in [4.69, 9.17) is 0 Å². The zero-order valence-corrected chi connectivity index (χ0v) is 15.0. The molecule has 26 heavy (non-hydrogen) atoms. The number of thioether (sulfide) groups is 1. The summed E-state index contributed by atoms with van der Waals surface area (Å²) in [6.07, 6.45) is 1.35. The van der Waals surface area contributed by atoms with E-state index in [1.807, 2.05) is 0 Å². The molecule has 3 aromatic rings. The summed E-state index contributed by atoms with van der Waals surface area (Å²) >= 11 is 1.43. The Kier molecular flexibility index (Phi) is 5.43. The van der Waals surface area contributed by atoms with E-state index in [-0.39, 0.29) is 28.3 Å². The highest BCUT2D eigenvalue weighted by atomic mass is 32.2. The number of aromatic nitrogens is 2. The Hall–Kier alpha value is -2.59. The van der Waals surface area contributed by atoms with Crippen LogP contribution in [0.25, 0.3) is 10.2 Å². The summed E-state index contributed by atoms with van der Waals surface area (Å²) in [4.78, 5) is 31.6. The molecule has 0 atom stereocenters. The minimum Gasteiger partial charge on any atom is -0.326 e. The lowest BCUT2D eigenvalue weighted by Gasteiger charge is -2.06. The van der Waals surface area contributed by atoms with E-state index in [0.717, 1.165) is 4.70 Å². The molecule has 0 fully saturated rings. The molecule has 0 spiro atoms. The predicted molar refractivity (Wildman–Crippen MR) is 98.0 cm³/mol. The van der Waals surface area contributed by atoms with Crippen LogP contribution in [-0.2, 0) is 4.79 Å². The smallest absolute Gasteiger partial charge is 0.290 e. The number of alkyl halides is 2. The number of benzene rings is 1. The van der Waals surface area contributed by atoms with Crippen LogP contribution in [0.3, 0.4) is 0 Å². The van der Waals surface area contributed by atoms with Gasteiger partial charge in [-0.2, -0.15) is 8.78 Å². The molecular weight excluding hydrogens is 382 g/mol. The highest BCUT2D eigenvalue weighted by Gasteiger charge is 2.18. The van der Waals surface area contributed by atoms with Crippen LogP contribution in [0, 0.1) is 0 Å². The average molecular weight is 394 g/mol. The van der Waals surface area contributed by atoms with Crippen molar-refractivity contribution in [2.45, 2.75) is 17.7 Å². The van der Waals surface area contributed by atoms with Gasteiger partial charge in [-0.15, -0.1) is 0 Å². The molecule has 0 unspecified atom stereocenters. The summed E-state index contributed by atoms with van der Waals surface area (Å²) in [5.74, 6) is -3.43. The fourth-order valence-electron chi connectivity index (χ4n) is 2.17. The molecule has 134 valence electrons. The van der Waals surface area contributed by atoms with Gasteiger partial charge in [0, 0.05) is 18.8 Å². The average Bonchev–Trinajstić information content (AvgIpc) is 2.95. The number of rotatable bonds is 5. The first-order valence-electron chi connectivity index (χ1n) is 7.32. The number of hydrogen-bond donors (Lipinski definition) is 2. The first kappa shape index (κ1) is 18.2. The van der Waals surface area contributed by atoms with Gasteiger partial charge < -0.3 is 5.32 Å². The third-order valence-corrected chi connectivity index (χ3v) is 4.81. The van der Waals surface area contributed by atoms with Crippen molar-refractivity contribution in [2.24, 2.45) is 0 Å². The number of pyridine rings is 1. The number of nitrogens with zero attached hydrogens (tertiary/aromatic N) is 2. The zero-order chi connectivity index (χ0) is 18.7. The Morgan fingerprint density at radius 1 is 1.23 bits per heavy atom. The first-order valence-corrected chi connectivity index (χ1v) is 9.01. The quantitative estimate of drug-likeness (QED) is 0.633. The van der Waals surface area contributed by atoms with Crippen molar-refractivity contribution in [2.75, 3.05) is 10.6 Å². The lowest BCUT2D eigenvalue weighted by Crippen LogP contribution is -2.13. The van der Waals surface area contributed by atoms with Crippen LogP contribution in [0.4, 0.5) is 19.6 Å². The molecule has 0 saturated carbocycles. The normalized spacial score (nSPS) is 10.9.